The Morgan fingerprint density at radius 2 is 2.05 bits per heavy atom. The van der Waals surface area contributed by atoms with E-state index in [-0.39, 0.29) is 5.91 Å². The zero-order valence-corrected chi connectivity index (χ0v) is 15.1. The fourth-order valence-corrected chi connectivity index (χ4v) is 2.98. The van der Waals surface area contributed by atoms with Crippen molar-refractivity contribution in [1.29, 1.82) is 0 Å². The number of nitrogens with two attached hydrogens (primary N) is 1. The maximum Gasteiger partial charge on any atom is 0.240 e. The van der Waals surface area contributed by atoms with Crippen LogP contribution in [0.3, 0.4) is 0 Å². The molecule has 1 saturated carbocycles. The van der Waals surface area contributed by atoms with E-state index in [1.807, 2.05) is 33.8 Å². The van der Waals surface area contributed by atoms with Crippen molar-refractivity contribution in [2.24, 2.45) is 5.73 Å². The minimum Gasteiger partial charge on any atom is -0.350 e. The summed E-state index contributed by atoms with van der Waals surface area (Å²) in [6.45, 7) is 8.48. The number of rotatable bonds is 3. The Morgan fingerprint density at radius 3 is 2.59 bits per heavy atom. The van der Waals surface area contributed by atoms with Crippen LogP contribution in [0.15, 0.2) is 18.3 Å². The SMILES string of the molecule is CC.CC.NC1(C(=O)NCc2cc3nccc(Cl)c3s2)CC1. The predicted molar refractivity (Wildman–Crippen MR) is 95.3 cm³/mol. The molecule has 1 fully saturated rings. The van der Waals surface area contributed by atoms with Crippen molar-refractivity contribution in [1.82, 2.24) is 10.3 Å². The van der Waals surface area contributed by atoms with Crippen LogP contribution in [0.1, 0.15) is 45.4 Å². The first-order chi connectivity index (χ1) is 10.6. The van der Waals surface area contributed by atoms with Gasteiger partial charge >= 0.3 is 0 Å². The first-order valence-corrected chi connectivity index (χ1v) is 8.88. The van der Waals surface area contributed by atoms with Crippen LogP contribution < -0.4 is 11.1 Å². The number of hydrogen-bond acceptors (Lipinski definition) is 4. The van der Waals surface area contributed by atoms with Gasteiger partial charge in [0.05, 0.1) is 27.3 Å². The van der Waals surface area contributed by atoms with Gasteiger partial charge in [0.2, 0.25) is 5.91 Å². The number of hydrogen-bond donors (Lipinski definition) is 2. The highest BCUT2D eigenvalue weighted by atomic mass is 35.5. The quantitative estimate of drug-likeness (QED) is 0.882. The van der Waals surface area contributed by atoms with Gasteiger partial charge in [0.15, 0.2) is 0 Å². The Morgan fingerprint density at radius 1 is 1.41 bits per heavy atom. The minimum absolute atomic E-state index is 0.0704. The molecule has 122 valence electrons. The van der Waals surface area contributed by atoms with E-state index in [2.05, 4.69) is 10.3 Å². The third-order valence-electron chi connectivity index (χ3n) is 3.08. The third kappa shape index (κ3) is 4.41. The second-order valence-electron chi connectivity index (χ2n) is 4.56. The van der Waals surface area contributed by atoms with Gasteiger partial charge in [-0.25, -0.2) is 0 Å². The molecule has 0 unspecified atom stereocenters. The van der Waals surface area contributed by atoms with Crippen molar-refractivity contribution in [2.45, 2.75) is 52.6 Å². The summed E-state index contributed by atoms with van der Waals surface area (Å²) in [6, 6.07) is 3.71. The van der Waals surface area contributed by atoms with E-state index < -0.39 is 5.54 Å². The number of carbonyl (C=O) groups is 1. The zero-order chi connectivity index (χ0) is 16.8. The average molecular weight is 342 g/mol. The number of amides is 1. The molecule has 4 nitrogen and oxygen atoms in total. The monoisotopic (exact) mass is 341 g/mol. The summed E-state index contributed by atoms with van der Waals surface area (Å²) in [6.07, 6.45) is 3.23. The van der Waals surface area contributed by atoms with E-state index in [9.17, 15) is 4.79 Å². The molecule has 6 heteroatoms. The van der Waals surface area contributed by atoms with E-state index in [0.717, 1.165) is 27.9 Å². The molecule has 0 aromatic carbocycles. The van der Waals surface area contributed by atoms with E-state index >= 15 is 0 Å². The molecule has 0 saturated heterocycles. The standard InChI is InChI=1S/C12H12ClN3OS.2C2H6/c13-8-1-4-15-9-5-7(18-10(8)9)6-16-11(17)12(14)2-3-12;2*1-2/h1,4-5H,2-3,6,14H2,(H,16,17);2*1-2H3. The molecular weight excluding hydrogens is 318 g/mol. The van der Waals surface area contributed by atoms with Gasteiger partial charge in [-0.15, -0.1) is 11.3 Å². The predicted octanol–water partition coefficient (Wildman–Crippen LogP) is 4.11. The number of nitrogens with one attached hydrogen (secondary N) is 1. The smallest absolute Gasteiger partial charge is 0.240 e. The lowest BCUT2D eigenvalue weighted by Gasteiger charge is -2.08. The fraction of sp³-hybridized carbons (Fsp3) is 0.500. The number of thiophene rings is 1. The maximum absolute atomic E-state index is 11.7. The molecule has 2 heterocycles. The second kappa shape index (κ2) is 8.46. The number of carbonyl (C=O) groups excluding carboxylic acids is 1. The van der Waals surface area contributed by atoms with Gasteiger partial charge < -0.3 is 11.1 Å². The van der Waals surface area contributed by atoms with E-state index in [4.69, 9.17) is 17.3 Å². The lowest BCUT2D eigenvalue weighted by Crippen LogP contribution is -2.42. The molecule has 2 aromatic rings. The summed E-state index contributed by atoms with van der Waals surface area (Å²) >= 11 is 7.63. The topological polar surface area (TPSA) is 68.0 Å². The first-order valence-electron chi connectivity index (χ1n) is 7.69. The number of aromatic nitrogens is 1. The van der Waals surface area contributed by atoms with Crippen molar-refractivity contribution in [2.75, 3.05) is 0 Å². The molecule has 3 N–H and O–H groups in total. The molecule has 22 heavy (non-hydrogen) atoms. The van der Waals surface area contributed by atoms with E-state index in [1.165, 1.54) is 0 Å². The van der Waals surface area contributed by atoms with Crippen molar-refractivity contribution in [3.05, 3.63) is 28.2 Å². The van der Waals surface area contributed by atoms with Gasteiger partial charge in [-0.2, -0.15) is 0 Å². The summed E-state index contributed by atoms with van der Waals surface area (Å²) < 4.78 is 0.956. The van der Waals surface area contributed by atoms with Gasteiger partial charge in [-0.3, -0.25) is 9.78 Å². The second-order valence-corrected chi connectivity index (χ2v) is 6.10. The highest BCUT2D eigenvalue weighted by Gasteiger charge is 2.45. The first kappa shape index (κ1) is 18.9. The number of nitrogens with zero attached hydrogens (tertiary/aromatic N) is 1. The van der Waals surface area contributed by atoms with Crippen LogP contribution in [0.4, 0.5) is 0 Å². The highest BCUT2D eigenvalue weighted by molar-refractivity contribution is 7.19. The van der Waals surface area contributed by atoms with Crippen LogP contribution in [0.2, 0.25) is 5.02 Å². The number of halogens is 1. The maximum atomic E-state index is 11.7. The molecule has 1 amide bonds. The van der Waals surface area contributed by atoms with Gasteiger partial charge in [0, 0.05) is 11.1 Å². The van der Waals surface area contributed by atoms with Gasteiger partial charge in [0.1, 0.15) is 0 Å². The lowest BCUT2D eigenvalue weighted by molar-refractivity contribution is -0.123. The van der Waals surface area contributed by atoms with Crippen molar-refractivity contribution in [3.8, 4) is 0 Å². The molecule has 2 aromatic heterocycles. The summed E-state index contributed by atoms with van der Waals surface area (Å²) in [5.41, 5.74) is 6.06. The molecule has 1 aliphatic rings. The fourth-order valence-electron chi connectivity index (χ4n) is 1.75. The Hall–Kier alpha value is -1.17. The number of pyridine rings is 1. The molecule has 3 rings (SSSR count). The molecule has 0 atom stereocenters. The van der Waals surface area contributed by atoms with E-state index in [1.54, 1.807) is 23.6 Å². The number of fused-ring (bicyclic) bond motifs is 1. The molecule has 0 bridgehead atoms. The van der Waals surface area contributed by atoms with Crippen LogP contribution in [-0.4, -0.2) is 16.4 Å². The zero-order valence-electron chi connectivity index (χ0n) is 13.6. The third-order valence-corrected chi connectivity index (χ3v) is 4.66. The Kier molecular flexibility index (Phi) is 7.26. The van der Waals surface area contributed by atoms with Crippen LogP contribution in [0.5, 0.6) is 0 Å². The van der Waals surface area contributed by atoms with Gasteiger partial charge in [-0.05, 0) is 25.0 Å². The normalized spacial score (nSPS) is 14.3. The summed E-state index contributed by atoms with van der Waals surface area (Å²) in [5.74, 6) is -0.0704. The van der Waals surface area contributed by atoms with Crippen LogP contribution in [0, 0.1) is 0 Å². The molecule has 0 aliphatic heterocycles. The van der Waals surface area contributed by atoms with Crippen molar-refractivity contribution >= 4 is 39.1 Å². The Balaban J connectivity index is 0.000000561. The summed E-state index contributed by atoms with van der Waals surface area (Å²) in [4.78, 5) is 17.0. The average Bonchev–Trinajstić information content (AvgIpc) is 3.16. The Labute approximate surface area is 141 Å². The lowest BCUT2D eigenvalue weighted by atomic mass is 10.2. The molecule has 1 aliphatic carbocycles. The van der Waals surface area contributed by atoms with Crippen LogP contribution >= 0.6 is 22.9 Å². The Bertz CT molecular complexity index is 623. The van der Waals surface area contributed by atoms with Crippen LogP contribution in [-0.2, 0) is 11.3 Å². The minimum atomic E-state index is -0.618. The largest absolute Gasteiger partial charge is 0.350 e. The van der Waals surface area contributed by atoms with E-state index in [0.29, 0.717) is 11.6 Å². The summed E-state index contributed by atoms with van der Waals surface area (Å²) in [7, 11) is 0. The van der Waals surface area contributed by atoms with Crippen molar-refractivity contribution in [3.63, 3.8) is 0 Å². The van der Waals surface area contributed by atoms with Crippen LogP contribution in [0.25, 0.3) is 10.2 Å². The molecule has 0 spiro atoms. The molecular formula is C16H24ClN3OS. The molecule has 0 radical (unpaired) electrons. The highest BCUT2D eigenvalue weighted by Crippen LogP contribution is 2.33. The van der Waals surface area contributed by atoms with Gasteiger partial charge in [0.25, 0.3) is 0 Å². The van der Waals surface area contributed by atoms with Gasteiger partial charge in [-0.1, -0.05) is 39.3 Å². The summed E-state index contributed by atoms with van der Waals surface area (Å²) in [5, 5.41) is 3.55. The van der Waals surface area contributed by atoms with Crippen molar-refractivity contribution < 1.29 is 4.79 Å².